The Balaban J connectivity index is 3.42. The molecular weight excluding hydrogens is 340 g/mol. The molecule has 0 aromatic rings. The summed E-state index contributed by atoms with van der Waals surface area (Å²) >= 11 is 0. The maximum atomic E-state index is 11.8. The molecule has 4 nitrogen and oxygen atoms in total. The molecule has 0 radical (unpaired) electrons. The molecule has 0 spiro atoms. The second kappa shape index (κ2) is 19.7. The van der Waals surface area contributed by atoms with Crippen molar-refractivity contribution in [2.24, 2.45) is 0 Å². The van der Waals surface area contributed by atoms with E-state index < -0.39 is 0 Å². The summed E-state index contributed by atoms with van der Waals surface area (Å²) in [6.45, 7) is 6.91. The summed E-state index contributed by atoms with van der Waals surface area (Å²) in [5.41, 5.74) is 0. The minimum absolute atomic E-state index is 0.0452. The normalized spacial score (nSPS) is 12.0. The molecule has 0 rings (SSSR count). The molecule has 0 amide bonds. The molecule has 0 aromatic carbocycles. The van der Waals surface area contributed by atoms with E-state index in [-0.39, 0.29) is 18.0 Å². The summed E-state index contributed by atoms with van der Waals surface area (Å²) in [4.78, 5) is 23.5. The summed E-state index contributed by atoms with van der Waals surface area (Å²) in [6, 6.07) is 0. The molecule has 4 heteroatoms. The number of hydrogen-bond acceptors (Lipinski definition) is 4. The van der Waals surface area contributed by atoms with Gasteiger partial charge in [0.15, 0.2) is 0 Å². The van der Waals surface area contributed by atoms with E-state index in [9.17, 15) is 9.59 Å². The van der Waals surface area contributed by atoms with Gasteiger partial charge in [0.05, 0.1) is 6.61 Å². The number of carbonyl (C=O) groups excluding carboxylic acids is 2. The number of carbonyl (C=O) groups is 2. The Morgan fingerprint density at radius 3 is 1.78 bits per heavy atom. The molecule has 27 heavy (non-hydrogen) atoms. The van der Waals surface area contributed by atoms with Crippen LogP contribution in [0.1, 0.15) is 124 Å². The van der Waals surface area contributed by atoms with Gasteiger partial charge in [-0.15, -0.1) is 0 Å². The predicted molar refractivity (Wildman–Crippen MR) is 112 cm³/mol. The van der Waals surface area contributed by atoms with Gasteiger partial charge in [-0.2, -0.15) is 0 Å². The van der Waals surface area contributed by atoms with Gasteiger partial charge in [-0.1, -0.05) is 78.6 Å². The lowest BCUT2D eigenvalue weighted by Crippen LogP contribution is -2.17. The Morgan fingerprint density at radius 2 is 1.22 bits per heavy atom. The number of unbranched alkanes of at least 4 members (excludes halogenated alkanes) is 9. The van der Waals surface area contributed by atoms with Gasteiger partial charge in [0.2, 0.25) is 0 Å². The van der Waals surface area contributed by atoms with Crippen LogP contribution in [-0.4, -0.2) is 24.6 Å². The first-order valence-corrected chi connectivity index (χ1v) is 11.5. The molecule has 0 saturated carbocycles. The zero-order valence-electron chi connectivity index (χ0n) is 18.2. The standard InChI is InChI=1S/C23H44O4/c1-4-7-8-9-10-11-12-13-16-20-26-22(24)18-14-15-19-23(25)27-21(6-3)17-5-2/h21H,4-20H2,1-3H3. The SMILES string of the molecule is CCCCCCCCCCCOC(=O)CCCCC(=O)OC(CC)CCC. The van der Waals surface area contributed by atoms with Gasteiger partial charge in [0.25, 0.3) is 0 Å². The van der Waals surface area contributed by atoms with Gasteiger partial charge in [-0.25, -0.2) is 0 Å². The first-order valence-electron chi connectivity index (χ1n) is 11.5. The van der Waals surface area contributed by atoms with Crippen molar-refractivity contribution in [3.63, 3.8) is 0 Å². The molecule has 0 heterocycles. The number of hydrogen-bond donors (Lipinski definition) is 0. The highest BCUT2D eigenvalue weighted by Crippen LogP contribution is 2.11. The van der Waals surface area contributed by atoms with Crippen molar-refractivity contribution in [2.45, 2.75) is 130 Å². The van der Waals surface area contributed by atoms with Gasteiger partial charge in [-0.05, 0) is 32.1 Å². The minimum atomic E-state index is -0.140. The van der Waals surface area contributed by atoms with Crippen molar-refractivity contribution in [1.29, 1.82) is 0 Å². The van der Waals surface area contributed by atoms with Crippen molar-refractivity contribution >= 4 is 11.9 Å². The van der Waals surface area contributed by atoms with Crippen LogP contribution in [-0.2, 0) is 19.1 Å². The molecule has 0 bridgehead atoms. The van der Waals surface area contributed by atoms with Crippen LogP contribution in [0.15, 0.2) is 0 Å². The van der Waals surface area contributed by atoms with Gasteiger partial charge < -0.3 is 9.47 Å². The zero-order valence-corrected chi connectivity index (χ0v) is 18.2. The van der Waals surface area contributed by atoms with E-state index in [0.717, 1.165) is 32.1 Å². The molecule has 0 fully saturated rings. The third-order valence-electron chi connectivity index (χ3n) is 4.89. The summed E-state index contributed by atoms with van der Waals surface area (Å²) in [5, 5.41) is 0. The van der Waals surface area contributed by atoms with Crippen molar-refractivity contribution in [1.82, 2.24) is 0 Å². The van der Waals surface area contributed by atoms with Crippen LogP contribution >= 0.6 is 0 Å². The van der Waals surface area contributed by atoms with Crippen LogP contribution in [0.4, 0.5) is 0 Å². The average Bonchev–Trinajstić information content (AvgIpc) is 2.66. The maximum Gasteiger partial charge on any atom is 0.306 e. The van der Waals surface area contributed by atoms with Crippen LogP contribution in [0.2, 0.25) is 0 Å². The Kier molecular flexibility index (Phi) is 18.9. The minimum Gasteiger partial charge on any atom is -0.466 e. The summed E-state index contributed by atoms with van der Waals surface area (Å²) in [5.74, 6) is -0.279. The van der Waals surface area contributed by atoms with Crippen molar-refractivity contribution in [2.75, 3.05) is 6.61 Å². The molecule has 0 aromatic heterocycles. The van der Waals surface area contributed by atoms with Gasteiger partial charge >= 0.3 is 11.9 Å². The fourth-order valence-corrected chi connectivity index (χ4v) is 3.12. The third-order valence-corrected chi connectivity index (χ3v) is 4.89. The molecule has 0 saturated heterocycles. The van der Waals surface area contributed by atoms with Gasteiger partial charge in [0.1, 0.15) is 6.10 Å². The van der Waals surface area contributed by atoms with Crippen LogP contribution in [0.3, 0.4) is 0 Å². The maximum absolute atomic E-state index is 11.8. The molecule has 1 atom stereocenters. The molecule has 0 aliphatic heterocycles. The highest BCUT2D eigenvalue weighted by molar-refractivity contribution is 5.70. The highest BCUT2D eigenvalue weighted by Gasteiger charge is 2.11. The van der Waals surface area contributed by atoms with E-state index in [2.05, 4.69) is 13.8 Å². The lowest BCUT2D eigenvalue weighted by atomic mass is 10.1. The largest absolute Gasteiger partial charge is 0.466 e. The molecule has 1 unspecified atom stereocenters. The Labute approximate surface area is 167 Å². The summed E-state index contributed by atoms with van der Waals surface area (Å²) in [6.07, 6.45) is 16.4. The van der Waals surface area contributed by atoms with E-state index in [1.165, 1.54) is 44.9 Å². The number of rotatable bonds is 19. The van der Waals surface area contributed by atoms with Crippen molar-refractivity contribution < 1.29 is 19.1 Å². The average molecular weight is 385 g/mol. The first-order chi connectivity index (χ1) is 13.1. The topological polar surface area (TPSA) is 52.6 Å². The van der Waals surface area contributed by atoms with Crippen molar-refractivity contribution in [3.05, 3.63) is 0 Å². The fraction of sp³-hybridized carbons (Fsp3) is 0.913. The molecular formula is C23H44O4. The van der Waals surface area contributed by atoms with E-state index in [1.807, 2.05) is 6.92 Å². The fourth-order valence-electron chi connectivity index (χ4n) is 3.12. The molecule has 0 N–H and O–H groups in total. The molecule has 160 valence electrons. The summed E-state index contributed by atoms with van der Waals surface area (Å²) < 4.78 is 10.7. The Bertz CT molecular complexity index is 354. The number of ether oxygens (including phenoxy) is 2. The van der Waals surface area contributed by atoms with E-state index >= 15 is 0 Å². The van der Waals surface area contributed by atoms with Crippen LogP contribution in [0.25, 0.3) is 0 Å². The van der Waals surface area contributed by atoms with E-state index in [1.54, 1.807) is 0 Å². The smallest absolute Gasteiger partial charge is 0.306 e. The van der Waals surface area contributed by atoms with Gasteiger partial charge in [0, 0.05) is 12.8 Å². The quantitative estimate of drug-likeness (QED) is 0.183. The van der Waals surface area contributed by atoms with Crippen LogP contribution in [0, 0.1) is 0 Å². The molecule has 0 aliphatic carbocycles. The Hall–Kier alpha value is -1.06. The summed E-state index contributed by atoms with van der Waals surface area (Å²) in [7, 11) is 0. The van der Waals surface area contributed by atoms with Gasteiger partial charge in [-0.3, -0.25) is 9.59 Å². The first kappa shape index (κ1) is 25.9. The molecule has 0 aliphatic rings. The Morgan fingerprint density at radius 1 is 0.667 bits per heavy atom. The zero-order chi connectivity index (χ0) is 20.2. The monoisotopic (exact) mass is 384 g/mol. The second-order valence-corrected chi connectivity index (χ2v) is 7.56. The third kappa shape index (κ3) is 18.1. The lowest BCUT2D eigenvalue weighted by Gasteiger charge is -2.15. The highest BCUT2D eigenvalue weighted by atomic mass is 16.5. The predicted octanol–water partition coefficient (Wildman–Crippen LogP) is 6.74. The lowest BCUT2D eigenvalue weighted by molar-refractivity contribution is -0.150. The second-order valence-electron chi connectivity index (χ2n) is 7.56. The number of esters is 2. The van der Waals surface area contributed by atoms with Crippen LogP contribution in [0.5, 0.6) is 0 Å². The van der Waals surface area contributed by atoms with E-state index in [0.29, 0.717) is 32.3 Å². The van der Waals surface area contributed by atoms with Crippen LogP contribution < -0.4 is 0 Å². The van der Waals surface area contributed by atoms with Crippen molar-refractivity contribution in [3.8, 4) is 0 Å². The van der Waals surface area contributed by atoms with E-state index in [4.69, 9.17) is 9.47 Å².